The smallest absolute Gasteiger partial charge is 0.161 e. The van der Waals surface area contributed by atoms with Gasteiger partial charge in [-0.3, -0.25) is 0 Å². The van der Waals surface area contributed by atoms with Crippen LogP contribution in [0.3, 0.4) is 0 Å². The van der Waals surface area contributed by atoms with Gasteiger partial charge in [0.05, 0.1) is 11.3 Å². The van der Waals surface area contributed by atoms with Gasteiger partial charge in [-0.05, 0) is 25.8 Å². The molecule has 0 amide bonds. The summed E-state index contributed by atoms with van der Waals surface area (Å²) in [5.74, 6) is 1.97. The van der Waals surface area contributed by atoms with Gasteiger partial charge < -0.3 is 10.6 Å². The second-order valence-electron chi connectivity index (χ2n) is 4.82. The lowest BCUT2D eigenvalue weighted by atomic mass is 10.1. The molecule has 2 rings (SSSR count). The van der Waals surface area contributed by atoms with E-state index in [0.29, 0.717) is 10.2 Å². The summed E-state index contributed by atoms with van der Waals surface area (Å²) in [6, 6.07) is 0. The largest absolute Gasteiger partial charge is 0.389 e. The Morgan fingerprint density at radius 2 is 2.21 bits per heavy atom. The minimum Gasteiger partial charge on any atom is -0.389 e. The highest BCUT2D eigenvalue weighted by atomic mass is 32.2. The SMILES string of the molecule is CCC1CN(c2nnc(C)c(C)c2C(N)=S)CCS1. The molecule has 0 aromatic carbocycles. The number of hydrogen-bond acceptors (Lipinski definition) is 5. The molecule has 2 heterocycles. The molecule has 1 atom stereocenters. The van der Waals surface area contributed by atoms with E-state index in [0.717, 1.165) is 41.5 Å². The predicted octanol–water partition coefficient (Wildman–Crippen LogP) is 2.06. The first-order valence-electron chi connectivity index (χ1n) is 6.54. The summed E-state index contributed by atoms with van der Waals surface area (Å²) in [6.45, 7) is 8.15. The van der Waals surface area contributed by atoms with Crippen molar-refractivity contribution in [1.82, 2.24) is 10.2 Å². The fourth-order valence-electron chi connectivity index (χ4n) is 2.27. The molecular formula is C13H20N4S2. The number of rotatable bonds is 3. The second-order valence-corrected chi connectivity index (χ2v) is 6.67. The van der Waals surface area contributed by atoms with Crippen molar-refractivity contribution in [3.05, 3.63) is 16.8 Å². The van der Waals surface area contributed by atoms with Gasteiger partial charge in [-0.15, -0.1) is 5.10 Å². The number of thioether (sulfide) groups is 1. The summed E-state index contributed by atoms with van der Waals surface area (Å²) in [5, 5.41) is 9.24. The van der Waals surface area contributed by atoms with Crippen molar-refractivity contribution in [2.24, 2.45) is 5.73 Å². The van der Waals surface area contributed by atoms with Crippen LogP contribution < -0.4 is 10.6 Å². The average molecular weight is 296 g/mol. The molecule has 2 N–H and O–H groups in total. The fourth-order valence-corrected chi connectivity index (χ4v) is 3.70. The fraction of sp³-hybridized carbons (Fsp3) is 0.615. The molecular weight excluding hydrogens is 276 g/mol. The Hall–Kier alpha value is -0.880. The van der Waals surface area contributed by atoms with Crippen molar-refractivity contribution in [1.29, 1.82) is 0 Å². The molecule has 1 fully saturated rings. The molecule has 6 heteroatoms. The van der Waals surface area contributed by atoms with E-state index in [1.54, 1.807) is 0 Å². The van der Waals surface area contributed by atoms with Gasteiger partial charge in [0, 0.05) is 24.1 Å². The Bertz CT molecular complexity index is 490. The number of aryl methyl sites for hydroxylation is 1. The number of nitrogens with two attached hydrogens (primary N) is 1. The Labute approximate surface area is 124 Å². The van der Waals surface area contributed by atoms with Gasteiger partial charge >= 0.3 is 0 Å². The van der Waals surface area contributed by atoms with Gasteiger partial charge in [0.15, 0.2) is 5.82 Å². The maximum absolute atomic E-state index is 5.89. The highest BCUT2D eigenvalue weighted by Crippen LogP contribution is 2.28. The van der Waals surface area contributed by atoms with Crippen LogP contribution in [0.1, 0.15) is 30.2 Å². The monoisotopic (exact) mass is 296 g/mol. The van der Waals surface area contributed by atoms with Gasteiger partial charge in [0.1, 0.15) is 4.99 Å². The maximum atomic E-state index is 5.89. The normalized spacial score (nSPS) is 19.5. The van der Waals surface area contributed by atoms with E-state index in [1.807, 2.05) is 25.6 Å². The quantitative estimate of drug-likeness (QED) is 0.862. The minimum atomic E-state index is 0.414. The molecule has 1 saturated heterocycles. The summed E-state index contributed by atoms with van der Waals surface area (Å²) in [4.78, 5) is 2.69. The van der Waals surface area contributed by atoms with Crippen LogP contribution in [0, 0.1) is 13.8 Å². The van der Waals surface area contributed by atoms with Crippen LogP contribution in [0.5, 0.6) is 0 Å². The Balaban J connectivity index is 2.39. The van der Waals surface area contributed by atoms with Crippen LogP contribution >= 0.6 is 24.0 Å². The lowest BCUT2D eigenvalue weighted by Crippen LogP contribution is -2.39. The van der Waals surface area contributed by atoms with Crippen LogP contribution in [0.15, 0.2) is 0 Å². The van der Waals surface area contributed by atoms with Crippen molar-refractivity contribution in [3.63, 3.8) is 0 Å². The molecule has 19 heavy (non-hydrogen) atoms. The topological polar surface area (TPSA) is 55.0 Å². The zero-order chi connectivity index (χ0) is 14.0. The zero-order valence-electron chi connectivity index (χ0n) is 11.6. The summed E-state index contributed by atoms with van der Waals surface area (Å²) >= 11 is 7.23. The van der Waals surface area contributed by atoms with E-state index in [1.165, 1.54) is 6.42 Å². The molecule has 104 valence electrons. The molecule has 0 aliphatic carbocycles. The molecule has 1 aliphatic rings. The van der Waals surface area contributed by atoms with Crippen LogP contribution in [-0.4, -0.2) is 39.3 Å². The van der Waals surface area contributed by atoms with Gasteiger partial charge in [0.2, 0.25) is 0 Å². The zero-order valence-corrected chi connectivity index (χ0v) is 13.3. The summed E-state index contributed by atoms with van der Waals surface area (Å²) in [5.41, 5.74) is 8.72. The summed E-state index contributed by atoms with van der Waals surface area (Å²) < 4.78 is 0. The number of aromatic nitrogens is 2. The van der Waals surface area contributed by atoms with Gasteiger partial charge in [-0.2, -0.15) is 16.9 Å². The minimum absolute atomic E-state index is 0.414. The molecule has 1 aromatic rings. The number of anilines is 1. The number of thiocarbonyl (C=S) groups is 1. The lowest BCUT2D eigenvalue weighted by Gasteiger charge is -2.33. The van der Waals surface area contributed by atoms with Crippen LogP contribution in [0.25, 0.3) is 0 Å². The molecule has 0 spiro atoms. The van der Waals surface area contributed by atoms with E-state index in [4.69, 9.17) is 18.0 Å². The van der Waals surface area contributed by atoms with Crippen LogP contribution in [0.4, 0.5) is 5.82 Å². The van der Waals surface area contributed by atoms with Crippen molar-refractivity contribution >= 4 is 34.8 Å². The first kappa shape index (κ1) is 14.5. The van der Waals surface area contributed by atoms with E-state index >= 15 is 0 Å². The maximum Gasteiger partial charge on any atom is 0.161 e. The lowest BCUT2D eigenvalue weighted by molar-refractivity contribution is 0.710. The third-order valence-electron chi connectivity index (χ3n) is 3.58. The van der Waals surface area contributed by atoms with E-state index < -0.39 is 0 Å². The number of hydrogen-bond donors (Lipinski definition) is 1. The molecule has 1 aromatic heterocycles. The third-order valence-corrected chi connectivity index (χ3v) is 5.15. The summed E-state index contributed by atoms with van der Waals surface area (Å²) in [6.07, 6.45) is 1.17. The predicted molar refractivity (Wildman–Crippen MR) is 86.1 cm³/mol. The molecule has 0 radical (unpaired) electrons. The van der Waals surface area contributed by atoms with Crippen molar-refractivity contribution in [2.75, 3.05) is 23.7 Å². The first-order valence-corrected chi connectivity index (χ1v) is 8.00. The van der Waals surface area contributed by atoms with Crippen LogP contribution in [0.2, 0.25) is 0 Å². The Morgan fingerprint density at radius 3 is 2.84 bits per heavy atom. The van der Waals surface area contributed by atoms with E-state index in [9.17, 15) is 0 Å². The molecule has 1 aliphatic heterocycles. The molecule has 1 unspecified atom stereocenters. The second kappa shape index (κ2) is 6.05. The third kappa shape index (κ3) is 3.00. The van der Waals surface area contributed by atoms with Crippen LogP contribution in [-0.2, 0) is 0 Å². The van der Waals surface area contributed by atoms with E-state index in [2.05, 4.69) is 22.0 Å². The standard InChI is InChI=1S/C13H20N4S2/c1-4-10-7-17(5-6-19-10)13-11(12(14)18)8(2)9(3)15-16-13/h10H,4-7H2,1-3H3,(H2,14,18). The Morgan fingerprint density at radius 1 is 1.47 bits per heavy atom. The summed E-state index contributed by atoms with van der Waals surface area (Å²) in [7, 11) is 0. The van der Waals surface area contributed by atoms with Crippen molar-refractivity contribution in [2.45, 2.75) is 32.4 Å². The van der Waals surface area contributed by atoms with Gasteiger partial charge in [0.25, 0.3) is 0 Å². The molecule has 4 nitrogen and oxygen atoms in total. The van der Waals surface area contributed by atoms with E-state index in [-0.39, 0.29) is 0 Å². The van der Waals surface area contributed by atoms with Gasteiger partial charge in [-0.25, -0.2) is 0 Å². The highest BCUT2D eigenvalue weighted by molar-refractivity contribution is 8.00. The first-order chi connectivity index (χ1) is 9.04. The molecule has 0 saturated carbocycles. The van der Waals surface area contributed by atoms with Gasteiger partial charge in [-0.1, -0.05) is 19.1 Å². The Kier molecular flexibility index (Phi) is 4.62. The number of nitrogens with zero attached hydrogens (tertiary/aromatic N) is 3. The van der Waals surface area contributed by atoms with Crippen molar-refractivity contribution < 1.29 is 0 Å². The average Bonchev–Trinajstić information content (AvgIpc) is 2.41. The molecule has 0 bridgehead atoms. The van der Waals surface area contributed by atoms with Crippen molar-refractivity contribution in [3.8, 4) is 0 Å². The highest BCUT2D eigenvalue weighted by Gasteiger charge is 2.24.